The van der Waals surface area contributed by atoms with E-state index in [-0.39, 0.29) is 12.0 Å². The van der Waals surface area contributed by atoms with Crippen LogP contribution in [0.4, 0.5) is 5.69 Å². The molecule has 0 fully saturated rings. The van der Waals surface area contributed by atoms with Gasteiger partial charge in [-0.25, -0.2) is 9.50 Å². The van der Waals surface area contributed by atoms with Gasteiger partial charge in [0, 0.05) is 25.0 Å². The molecule has 28 heavy (non-hydrogen) atoms. The van der Waals surface area contributed by atoms with Crippen LogP contribution in [0, 0.1) is 13.8 Å². The summed E-state index contributed by atoms with van der Waals surface area (Å²) in [7, 11) is 1.80. The number of carbonyl (C=O) groups excluding carboxylic acids is 1. The summed E-state index contributed by atoms with van der Waals surface area (Å²) in [5.41, 5.74) is 4.04. The molecule has 1 aromatic carbocycles. The van der Waals surface area contributed by atoms with Crippen LogP contribution in [0.3, 0.4) is 0 Å². The van der Waals surface area contributed by atoms with E-state index in [0.717, 1.165) is 35.9 Å². The Morgan fingerprint density at radius 3 is 2.89 bits per heavy atom. The van der Waals surface area contributed by atoms with E-state index < -0.39 is 0 Å². The fraction of sp³-hybridized carbons (Fsp3) is 0.381. The molecule has 3 heterocycles. The molecule has 146 valence electrons. The highest BCUT2D eigenvalue weighted by Gasteiger charge is 2.28. The SMILES string of the molecule is CCN1C[C@@H](CN(C)C(=O)c2cnn3c(C)cc(C)nc23)Oc2ccccc21. The Labute approximate surface area is 164 Å². The number of para-hydroxylation sites is 2. The summed E-state index contributed by atoms with van der Waals surface area (Å²) in [4.78, 5) is 21.6. The summed E-state index contributed by atoms with van der Waals surface area (Å²) < 4.78 is 7.86. The molecule has 4 rings (SSSR count). The molecule has 7 nitrogen and oxygen atoms in total. The molecular weight excluding hydrogens is 354 g/mol. The number of aromatic nitrogens is 3. The molecule has 0 radical (unpaired) electrons. The van der Waals surface area contributed by atoms with E-state index in [1.54, 1.807) is 22.7 Å². The van der Waals surface area contributed by atoms with Crippen molar-refractivity contribution in [2.75, 3.05) is 31.6 Å². The van der Waals surface area contributed by atoms with Crippen LogP contribution in [-0.4, -0.2) is 58.2 Å². The first kappa shape index (κ1) is 18.3. The van der Waals surface area contributed by atoms with Gasteiger partial charge >= 0.3 is 0 Å². The van der Waals surface area contributed by atoms with Crippen molar-refractivity contribution < 1.29 is 9.53 Å². The molecule has 0 bridgehead atoms. The molecule has 3 aromatic rings. The van der Waals surface area contributed by atoms with Crippen LogP contribution < -0.4 is 9.64 Å². The average Bonchev–Trinajstić information content (AvgIpc) is 3.10. The van der Waals surface area contributed by atoms with Gasteiger partial charge in [-0.2, -0.15) is 5.10 Å². The third-order valence-corrected chi connectivity index (χ3v) is 5.14. The van der Waals surface area contributed by atoms with Crippen LogP contribution in [-0.2, 0) is 0 Å². The number of carbonyl (C=O) groups is 1. The van der Waals surface area contributed by atoms with Crippen molar-refractivity contribution in [2.45, 2.75) is 26.9 Å². The lowest BCUT2D eigenvalue weighted by Crippen LogP contribution is -2.46. The summed E-state index contributed by atoms with van der Waals surface area (Å²) in [6, 6.07) is 9.98. The number of anilines is 1. The van der Waals surface area contributed by atoms with Crippen LogP contribution in [0.15, 0.2) is 36.5 Å². The molecule has 1 aliphatic heterocycles. The number of benzene rings is 1. The molecule has 1 amide bonds. The highest BCUT2D eigenvalue weighted by molar-refractivity contribution is 5.99. The van der Waals surface area contributed by atoms with Gasteiger partial charge in [-0.3, -0.25) is 4.79 Å². The van der Waals surface area contributed by atoms with Gasteiger partial charge in [-0.05, 0) is 39.0 Å². The molecule has 1 atom stereocenters. The lowest BCUT2D eigenvalue weighted by molar-refractivity contribution is 0.0711. The van der Waals surface area contributed by atoms with Gasteiger partial charge in [0.05, 0.1) is 25.0 Å². The third-order valence-electron chi connectivity index (χ3n) is 5.14. The second-order valence-corrected chi connectivity index (χ2v) is 7.26. The van der Waals surface area contributed by atoms with Crippen molar-refractivity contribution >= 4 is 17.2 Å². The Hall–Kier alpha value is -3.09. The van der Waals surface area contributed by atoms with Crippen molar-refractivity contribution in [2.24, 2.45) is 0 Å². The Morgan fingerprint density at radius 1 is 1.32 bits per heavy atom. The summed E-state index contributed by atoms with van der Waals surface area (Å²) >= 11 is 0. The molecule has 0 spiro atoms. The maximum Gasteiger partial charge on any atom is 0.259 e. The van der Waals surface area contributed by atoms with E-state index in [1.807, 2.05) is 38.1 Å². The van der Waals surface area contributed by atoms with Gasteiger partial charge in [-0.1, -0.05) is 12.1 Å². The minimum absolute atomic E-state index is 0.0953. The monoisotopic (exact) mass is 379 g/mol. The number of likely N-dealkylation sites (N-methyl/N-ethyl adjacent to an activating group) is 2. The molecule has 1 aliphatic rings. The molecular formula is C21H25N5O2. The maximum atomic E-state index is 13.1. The fourth-order valence-corrected chi connectivity index (χ4v) is 3.79. The number of ether oxygens (including phenoxy) is 1. The van der Waals surface area contributed by atoms with E-state index in [1.165, 1.54) is 0 Å². The largest absolute Gasteiger partial charge is 0.485 e. The van der Waals surface area contributed by atoms with Crippen molar-refractivity contribution in [3.63, 3.8) is 0 Å². The van der Waals surface area contributed by atoms with Gasteiger partial charge in [-0.15, -0.1) is 0 Å². The zero-order valence-corrected chi connectivity index (χ0v) is 16.7. The lowest BCUT2D eigenvalue weighted by atomic mass is 10.1. The first-order chi connectivity index (χ1) is 13.5. The Morgan fingerprint density at radius 2 is 2.11 bits per heavy atom. The Bertz CT molecular complexity index is 1030. The number of hydrogen-bond donors (Lipinski definition) is 0. The Kier molecular flexibility index (Phi) is 4.66. The molecule has 0 N–H and O–H groups in total. The van der Waals surface area contributed by atoms with Crippen molar-refractivity contribution in [1.82, 2.24) is 19.5 Å². The smallest absolute Gasteiger partial charge is 0.259 e. The maximum absolute atomic E-state index is 13.1. The fourth-order valence-electron chi connectivity index (χ4n) is 3.79. The molecule has 0 saturated carbocycles. The standard InChI is InChI=1S/C21H25N5O2/c1-5-25-13-16(28-19-9-7-6-8-18(19)25)12-24(4)21(27)17-11-22-26-15(3)10-14(2)23-20(17)26/h6-11,16H,5,12-13H2,1-4H3/t16-/m1/s1. The van der Waals surface area contributed by atoms with Crippen LogP contribution in [0.1, 0.15) is 28.7 Å². The molecule has 0 unspecified atom stereocenters. The minimum atomic E-state index is -0.0991. The van der Waals surface area contributed by atoms with E-state index in [2.05, 4.69) is 28.0 Å². The summed E-state index contributed by atoms with van der Waals surface area (Å²) in [6.07, 6.45) is 1.50. The van der Waals surface area contributed by atoms with E-state index in [0.29, 0.717) is 17.8 Å². The molecule has 7 heteroatoms. The third kappa shape index (κ3) is 3.17. The first-order valence-corrected chi connectivity index (χ1v) is 9.56. The number of hydrogen-bond acceptors (Lipinski definition) is 5. The van der Waals surface area contributed by atoms with Crippen LogP contribution in [0.5, 0.6) is 5.75 Å². The second kappa shape index (κ2) is 7.14. The number of nitrogens with zero attached hydrogens (tertiary/aromatic N) is 5. The van der Waals surface area contributed by atoms with Gasteiger partial charge < -0.3 is 14.5 Å². The van der Waals surface area contributed by atoms with Gasteiger partial charge in [0.2, 0.25) is 0 Å². The quantitative estimate of drug-likeness (QED) is 0.697. The predicted octanol–water partition coefficient (Wildman–Crippen LogP) is 2.71. The summed E-state index contributed by atoms with van der Waals surface area (Å²) in [5.74, 6) is 0.767. The normalized spacial score (nSPS) is 16.0. The number of amides is 1. The van der Waals surface area contributed by atoms with Gasteiger partial charge in [0.25, 0.3) is 5.91 Å². The zero-order valence-electron chi connectivity index (χ0n) is 16.7. The summed E-state index contributed by atoms with van der Waals surface area (Å²) in [6.45, 7) is 8.14. The van der Waals surface area contributed by atoms with E-state index in [4.69, 9.17) is 4.74 Å². The first-order valence-electron chi connectivity index (χ1n) is 9.56. The lowest BCUT2D eigenvalue weighted by Gasteiger charge is -2.37. The van der Waals surface area contributed by atoms with Crippen LogP contribution >= 0.6 is 0 Å². The van der Waals surface area contributed by atoms with E-state index >= 15 is 0 Å². The van der Waals surface area contributed by atoms with Crippen molar-refractivity contribution in [3.8, 4) is 5.75 Å². The highest BCUT2D eigenvalue weighted by atomic mass is 16.5. The topological polar surface area (TPSA) is 63.0 Å². The summed E-state index contributed by atoms with van der Waals surface area (Å²) in [5, 5.41) is 4.33. The molecule has 2 aromatic heterocycles. The molecule has 0 aliphatic carbocycles. The van der Waals surface area contributed by atoms with Crippen LogP contribution in [0.2, 0.25) is 0 Å². The second-order valence-electron chi connectivity index (χ2n) is 7.26. The Balaban J connectivity index is 1.54. The number of fused-ring (bicyclic) bond motifs is 2. The van der Waals surface area contributed by atoms with Gasteiger partial charge in [0.1, 0.15) is 17.4 Å². The number of rotatable bonds is 4. The number of aryl methyl sites for hydroxylation is 2. The van der Waals surface area contributed by atoms with Crippen LogP contribution in [0.25, 0.3) is 5.65 Å². The van der Waals surface area contributed by atoms with Crippen molar-refractivity contribution in [1.29, 1.82) is 0 Å². The van der Waals surface area contributed by atoms with E-state index in [9.17, 15) is 4.79 Å². The minimum Gasteiger partial charge on any atom is -0.485 e. The molecule has 0 saturated heterocycles. The average molecular weight is 379 g/mol. The highest BCUT2D eigenvalue weighted by Crippen LogP contribution is 2.33. The predicted molar refractivity (Wildman–Crippen MR) is 108 cm³/mol. The van der Waals surface area contributed by atoms with Crippen molar-refractivity contribution in [3.05, 3.63) is 53.5 Å². The van der Waals surface area contributed by atoms with Gasteiger partial charge in [0.15, 0.2) is 5.65 Å². The zero-order chi connectivity index (χ0) is 19.8.